The zero-order chi connectivity index (χ0) is 10.7. The maximum Gasteiger partial charge on any atom is 0.278 e. The van der Waals surface area contributed by atoms with Gasteiger partial charge in [0.2, 0.25) is 0 Å². The minimum absolute atomic E-state index is 0.205. The van der Waals surface area contributed by atoms with Crippen LogP contribution in [-0.4, -0.2) is 17.2 Å². The Bertz CT molecular complexity index is 349. The maximum atomic E-state index is 10.9. The van der Waals surface area contributed by atoms with Gasteiger partial charge >= 0.3 is 0 Å². The van der Waals surface area contributed by atoms with Crippen molar-refractivity contribution in [2.75, 3.05) is 7.05 Å². The van der Waals surface area contributed by atoms with E-state index >= 15 is 0 Å². The van der Waals surface area contributed by atoms with Crippen LogP contribution in [0.3, 0.4) is 0 Å². The summed E-state index contributed by atoms with van der Waals surface area (Å²) in [4.78, 5) is 12.5. The van der Waals surface area contributed by atoms with E-state index in [0.29, 0.717) is 6.54 Å². The summed E-state index contributed by atoms with van der Waals surface area (Å²) in [7, 11) is 1.74. The molecule has 0 atom stereocenters. The number of thiol groups is 1. The van der Waals surface area contributed by atoms with Gasteiger partial charge < -0.3 is 4.90 Å². The number of benzene rings is 1. The fraction of sp³-hybridized carbons (Fsp3) is 0.364. The van der Waals surface area contributed by atoms with Crippen LogP contribution < -0.4 is 0 Å². The fourth-order valence-corrected chi connectivity index (χ4v) is 1.31. The number of rotatable bonds is 2. The molecule has 0 unspecified atom stereocenters. The molecule has 14 heavy (non-hydrogen) atoms. The minimum Gasteiger partial charge on any atom is -0.333 e. The van der Waals surface area contributed by atoms with Crippen molar-refractivity contribution in [1.82, 2.24) is 4.90 Å². The Balaban J connectivity index is 2.78. The highest BCUT2D eigenvalue weighted by molar-refractivity contribution is 7.96. The van der Waals surface area contributed by atoms with Crippen molar-refractivity contribution < 1.29 is 4.79 Å². The summed E-state index contributed by atoms with van der Waals surface area (Å²) in [6.07, 6.45) is 0. The van der Waals surface area contributed by atoms with Gasteiger partial charge in [-0.3, -0.25) is 4.79 Å². The smallest absolute Gasteiger partial charge is 0.278 e. The van der Waals surface area contributed by atoms with Gasteiger partial charge in [0.05, 0.1) is 0 Å². The van der Waals surface area contributed by atoms with Crippen molar-refractivity contribution >= 4 is 17.9 Å². The average Bonchev–Trinajstić information content (AvgIpc) is 2.11. The lowest BCUT2D eigenvalue weighted by Gasteiger charge is -2.14. The van der Waals surface area contributed by atoms with Gasteiger partial charge in [0.25, 0.3) is 5.24 Å². The monoisotopic (exact) mass is 209 g/mol. The van der Waals surface area contributed by atoms with Gasteiger partial charge in [-0.2, -0.15) is 0 Å². The van der Waals surface area contributed by atoms with E-state index in [0.717, 1.165) is 5.56 Å². The second-order valence-corrected chi connectivity index (χ2v) is 3.94. The molecular weight excluding hydrogens is 194 g/mol. The molecule has 0 aliphatic carbocycles. The molecule has 0 radical (unpaired) electrons. The number of aryl methyl sites for hydroxylation is 2. The number of nitrogens with zero attached hydrogens (tertiary/aromatic N) is 1. The standard InChI is InChI=1S/C11H15NOS/c1-8-4-5-10(6-9(8)2)7-12(3)11(13)14/h4-6H,7H2,1-3H3,(H,13,14). The lowest BCUT2D eigenvalue weighted by Crippen LogP contribution is -2.20. The van der Waals surface area contributed by atoms with Crippen LogP contribution in [0, 0.1) is 13.8 Å². The van der Waals surface area contributed by atoms with Gasteiger partial charge in [-0.15, -0.1) is 0 Å². The molecule has 3 heteroatoms. The van der Waals surface area contributed by atoms with Gasteiger partial charge in [-0.25, -0.2) is 0 Å². The van der Waals surface area contributed by atoms with Crippen molar-refractivity contribution in [3.63, 3.8) is 0 Å². The van der Waals surface area contributed by atoms with Gasteiger partial charge in [-0.05, 0) is 30.5 Å². The summed E-state index contributed by atoms with van der Waals surface area (Å²) in [5.41, 5.74) is 3.66. The van der Waals surface area contributed by atoms with E-state index in [2.05, 4.69) is 38.6 Å². The van der Waals surface area contributed by atoms with E-state index in [1.165, 1.54) is 11.1 Å². The normalized spacial score (nSPS) is 10.0. The molecular formula is C11H15NOS. The summed E-state index contributed by atoms with van der Waals surface area (Å²) in [5.74, 6) is 0. The van der Waals surface area contributed by atoms with E-state index < -0.39 is 0 Å². The second-order valence-electron chi connectivity index (χ2n) is 3.56. The van der Waals surface area contributed by atoms with Crippen molar-refractivity contribution in [3.05, 3.63) is 34.9 Å². The Morgan fingerprint density at radius 3 is 2.50 bits per heavy atom. The number of hydrogen-bond acceptors (Lipinski definition) is 1. The van der Waals surface area contributed by atoms with Gasteiger partial charge in [-0.1, -0.05) is 30.8 Å². The molecule has 0 aromatic heterocycles. The topological polar surface area (TPSA) is 20.3 Å². The summed E-state index contributed by atoms with van der Waals surface area (Å²) < 4.78 is 0. The third-order valence-corrected chi connectivity index (χ3v) is 2.66. The summed E-state index contributed by atoms with van der Waals surface area (Å²) in [6.45, 7) is 4.76. The first-order chi connectivity index (χ1) is 6.50. The van der Waals surface area contributed by atoms with Crippen LogP contribution in [0.15, 0.2) is 18.2 Å². The van der Waals surface area contributed by atoms with Crippen LogP contribution in [0.4, 0.5) is 4.79 Å². The largest absolute Gasteiger partial charge is 0.333 e. The van der Waals surface area contributed by atoms with Crippen LogP contribution in [0.2, 0.25) is 0 Å². The van der Waals surface area contributed by atoms with Crippen LogP contribution in [0.5, 0.6) is 0 Å². The molecule has 0 aliphatic rings. The second kappa shape index (κ2) is 4.51. The molecule has 1 amide bonds. The molecule has 1 aromatic rings. The molecule has 0 heterocycles. The molecule has 1 aromatic carbocycles. The molecule has 0 bridgehead atoms. The highest BCUT2D eigenvalue weighted by Crippen LogP contribution is 2.11. The molecule has 1 rings (SSSR count). The molecule has 0 aliphatic heterocycles. The number of carbonyl (C=O) groups excluding carboxylic acids is 1. The quantitative estimate of drug-likeness (QED) is 0.743. The Labute approximate surface area is 90.3 Å². The Hall–Kier alpha value is -0.960. The maximum absolute atomic E-state index is 10.9. The predicted octanol–water partition coefficient (Wildman–Crippen LogP) is 2.79. The molecule has 0 saturated heterocycles. The summed E-state index contributed by atoms with van der Waals surface area (Å²) in [6, 6.07) is 6.21. The lowest BCUT2D eigenvalue weighted by atomic mass is 10.1. The van der Waals surface area contributed by atoms with Crippen LogP contribution in [0.25, 0.3) is 0 Å². The van der Waals surface area contributed by atoms with Crippen LogP contribution in [-0.2, 0) is 6.54 Å². The third kappa shape index (κ3) is 2.77. The molecule has 0 N–H and O–H groups in total. The Kier molecular flexibility index (Phi) is 3.58. The van der Waals surface area contributed by atoms with Crippen LogP contribution in [0.1, 0.15) is 16.7 Å². The molecule has 76 valence electrons. The number of carbonyl (C=O) groups is 1. The number of hydrogen-bond donors (Lipinski definition) is 1. The first-order valence-corrected chi connectivity index (χ1v) is 4.95. The average molecular weight is 209 g/mol. The van der Waals surface area contributed by atoms with E-state index in [1.807, 2.05) is 6.07 Å². The SMILES string of the molecule is Cc1ccc(CN(C)C(=O)S)cc1C. The summed E-state index contributed by atoms with van der Waals surface area (Å²) in [5, 5.41) is -0.205. The van der Waals surface area contributed by atoms with E-state index in [9.17, 15) is 4.79 Å². The molecule has 2 nitrogen and oxygen atoms in total. The number of amides is 1. The molecule has 0 saturated carbocycles. The van der Waals surface area contributed by atoms with Crippen molar-refractivity contribution in [1.29, 1.82) is 0 Å². The van der Waals surface area contributed by atoms with Gasteiger partial charge in [0.1, 0.15) is 0 Å². The van der Waals surface area contributed by atoms with E-state index in [4.69, 9.17) is 0 Å². The fourth-order valence-electron chi connectivity index (χ4n) is 1.24. The molecule has 0 fully saturated rings. The van der Waals surface area contributed by atoms with Gasteiger partial charge in [0.15, 0.2) is 0 Å². The highest BCUT2D eigenvalue weighted by Gasteiger charge is 2.04. The van der Waals surface area contributed by atoms with E-state index in [-0.39, 0.29) is 5.24 Å². The predicted molar refractivity (Wildman–Crippen MR) is 61.8 cm³/mol. The van der Waals surface area contributed by atoms with E-state index in [1.54, 1.807) is 11.9 Å². The Morgan fingerprint density at radius 1 is 1.36 bits per heavy atom. The van der Waals surface area contributed by atoms with Crippen molar-refractivity contribution in [3.8, 4) is 0 Å². The van der Waals surface area contributed by atoms with Crippen molar-refractivity contribution in [2.24, 2.45) is 0 Å². The van der Waals surface area contributed by atoms with Crippen LogP contribution >= 0.6 is 12.6 Å². The highest BCUT2D eigenvalue weighted by atomic mass is 32.1. The third-order valence-electron chi connectivity index (χ3n) is 2.32. The minimum atomic E-state index is -0.205. The zero-order valence-electron chi connectivity index (χ0n) is 8.74. The van der Waals surface area contributed by atoms with Crippen molar-refractivity contribution in [2.45, 2.75) is 20.4 Å². The van der Waals surface area contributed by atoms with Gasteiger partial charge in [0, 0.05) is 13.6 Å². The zero-order valence-corrected chi connectivity index (χ0v) is 9.64. The Morgan fingerprint density at radius 2 is 2.00 bits per heavy atom. The first-order valence-electron chi connectivity index (χ1n) is 4.51. The summed E-state index contributed by atoms with van der Waals surface area (Å²) >= 11 is 3.76. The lowest BCUT2D eigenvalue weighted by molar-refractivity contribution is 0.232. The first kappa shape index (κ1) is 11.1. The molecule has 0 spiro atoms.